The van der Waals surface area contributed by atoms with E-state index in [4.69, 9.17) is 13.6 Å². The molecule has 7 nitrogen and oxygen atoms in total. The van der Waals surface area contributed by atoms with Crippen LogP contribution in [0.25, 0.3) is 22.2 Å². The molecule has 3 aromatic heterocycles. The molecule has 0 aliphatic heterocycles. The standard InChI is InChI=1S/C18H16N4O3S2/c1-3-23-13-8-6-12(7-9-13)16-20-22-18(25-16)27-11(2)15-19-21-17(24-15)14-5-4-10-26-14/h4-11H,3H2,1-2H3/t11-/m1/s1. The van der Waals surface area contributed by atoms with E-state index >= 15 is 0 Å². The predicted octanol–water partition coefficient (Wildman–Crippen LogP) is 5.10. The van der Waals surface area contributed by atoms with Crippen LogP contribution in [0.5, 0.6) is 5.75 Å². The zero-order valence-electron chi connectivity index (χ0n) is 14.7. The number of thiophene rings is 1. The smallest absolute Gasteiger partial charge is 0.277 e. The average Bonchev–Trinajstić information content (AvgIpc) is 3.43. The highest BCUT2D eigenvalue weighted by Crippen LogP contribution is 2.36. The summed E-state index contributed by atoms with van der Waals surface area (Å²) in [5.74, 6) is 2.30. The van der Waals surface area contributed by atoms with E-state index in [2.05, 4.69) is 20.4 Å². The zero-order valence-corrected chi connectivity index (χ0v) is 16.3. The summed E-state index contributed by atoms with van der Waals surface area (Å²) in [6.45, 7) is 4.53. The first-order valence-electron chi connectivity index (χ1n) is 8.33. The van der Waals surface area contributed by atoms with E-state index in [1.165, 1.54) is 11.8 Å². The van der Waals surface area contributed by atoms with Crippen LogP contribution < -0.4 is 4.74 Å². The lowest BCUT2D eigenvalue weighted by molar-refractivity contribution is 0.340. The fourth-order valence-electron chi connectivity index (χ4n) is 2.33. The third kappa shape index (κ3) is 4.04. The van der Waals surface area contributed by atoms with Crippen molar-refractivity contribution in [3.05, 3.63) is 47.7 Å². The van der Waals surface area contributed by atoms with E-state index in [1.54, 1.807) is 11.3 Å². The molecule has 4 aromatic rings. The normalized spacial score (nSPS) is 12.2. The lowest BCUT2D eigenvalue weighted by Crippen LogP contribution is -1.90. The van der Waals surface area contributed by atoms with Gasteiger partial charge in [-0.2, -0.15) is 0 Å². The van der Waals surface area contributed by atoms with Crippen LogP contribution in [0.4, 0.5) is 0 Å². The largest absolute Gasteiger partial charge is 0.494 e. The monoisotopic (exact) mass is 400 g/mol. The molecular weight excluding hydrogens is 384 g/mol. The zero-order chi connectivity index (χ0) is 18.6. The third-order valence-electron chi connectivity index (χ3n) is 3.62. The lowest BCUT2D eigenvalue weighted by atomic mass is 10.2. The summed E-state index contributed by atoms with van der Waals surface area (Å²) in [5, 5.41) is 18.7. The molecule has 0 fully saturated rings. The number of rotatable bonds is 7. The van der Waals surface area contributed by atoms with Gasteiger partial charge in [-0.25, -0.2) is 0 Å². The molecule has 9 heteroatoms. The fourth-order valence-corrected chi connectivity index (χ4v) is 3.69. The maximum atomic E-state index is 5.75. The molecule has 0 saturated heterocycles. The van der Waals surface area contributed by atoms with E-state index in [0.29, 0.717) is 29.5 Å². The molecule has 1 atom stereocenters. The van der Waals surface area contributed by atoms with Crippen LogP contribution in [0, 0.1) is 0 Å². The molecule has 4 rings (SSSR count). The first-order valence-corrected chi connectivity index (χ1v) is 10.1. The SMILES string of the molecule is CCOc1ccc(-c2nnc(S[C@H](C)c3nnc(-c4cccs4)o3)o2)cc1. The predicted molar refractivity (Wildman–Crippen MR) is 103 cm³/mol. The summed E-state index contributed by atoms with van der Waals surface area (Å²) < 4.78 is 16.9. The van der Waals surface area contributed by atoms with E-state index in [1.807, 2.05) is 55.6 Å². The Kier molecular flexibility index (Phi) is 5.21. The van der Waals surface area contributed by atoms with Crippen molar-refractivity contribution >= 4 is 23.1 Å². The van der Waals surface area contributed by atoms with Gasteiger partial charge in [-0.05, 0) is 49.6 Å². The van der Waals surface area contributed by atoms with Gasteiger partial charge >= 0.3 is 0 Å². The maximum Gasteiger partial charge on any atom is 0.277 e. The van der Waals surface area contributed by atoms with Crippen molar-refractivity contribution in [2.45, 2.75) is 24.3 Å². The van der Waals surface area contributed by atoms with Crippen molar-refractivity contribution in [2.75, 3.05) is 6.61 Å². The van der Waals surface area contributed by atoms with Crippen molar-refractivity contribution in [2.24, 2.45) is 0 Å². The molecule has 27 heavy (non-hydrogen) atoms. The van der Waals surface area contributed by atoms with Crippen molar-refractivity contribution in [1.82, 2.24) is 20.4 Å². The van der Waals surface area contributed by atoms with Gasteiger partial charge in [0.25, 0.3) is 11.1 Å². The Morgan fingerprint density at radius 2 is 1.85 bits per heavy atom. The van der Waals surface area contributed by atoms with Gasteiger partial charge in [-0.1, -0.05) is 17.8 Å². The Labute approximate surface area is 163 Å². The van der Waals surface area contributed by atoms with Crippen molar-refractivity contribution < 1.29 is 13.6 Å². The van der Waals surface area contributed by atoms with Crippen LogP contribution >= 0.6 is 23.1 Å². The molecule has 0 aliphatic rings. The summed E-state index contributed by atoms with van der Waals surface area (Å²) in [7, 11) is 0. The van der Waals surface area contributed by atoms with E-state index in [0.717, 1.165) is 16.2 Å². The van der Waals surface area contributed by atoms with E-state index < -0.39 is 0 Å². The number of hydrogen-bond acceptors (Lipinski definition) is 9. The van der Waals surface area contributed by atoms with E-state index in [-0.39, 0.29) is 5.25 Å². The van der Waals surface area contributed by atoms with Crippen LogP contribution in [-0.4, -0.2) is 27.0 Å². The molecule has 0 saturated carbocycles. The summed E-state index contributed by atoms with van der Waals surface area (Å²) in [6, 6.07) is 11.4. The Morgan fingerprint density at radius 3 is 2.59 bits per heavy atom. The molecule has 3 heterocycles. The number of hydrogen-bond donors (Lipinski definition) is 0. The second-order valence-corrected chi connectivity index (χ2v) is 7.75. The molecular formula is C18H16N4O3S2. The highest BCUT2D eigenvalue weighted by Gasteiger charge is 2.20. The average molecular weight is 400 g/mol. The van der Waals surface area contributed by atoms with Gasteiger partial charge in [0.05, 0.1) is 16.7 Å². The Morgan fingerprint density at radius 1 is 1.04 bits per heavy atom. The molecule has 0 radical (unpaired) electrons. The molecule has 1 aromatic carbocycles. The minimum absolute atomic E-state index is 0.111. The van der Waals surface area contributed by atoms with Crippen LogP contribution in [-0.2, 0) is 0 Å². The van der Waals surface area contributed by atoms with Crippen LogP contribution in [0.3, 0.4) is 0 Å². The first kappa shape index (κ1) is 17.7. The number of thioether (sulfide) groups is 1. The van der Waals surface area contributed by atoms with Crippen molar-refractivity contribution in [3.63, 3.8) is 0 Å². The number of nitrogens with zero attached hydrogens (tertiary/aromatic N) is 4. The summed E-state index contributed by atoms with van der Waals surface area (Å²) in [4.78, 5) is 0.946. The van der Waals surface area contributed by atoms with Gasteiger partial charge in [0.2, 0.25) is 11.8 Å². The van der Waals surface area contributed by atoms with Gasteiger partial charge in [0.15, 0.2) is 0 Å². The minimum Gasteiger partial charge on any atom is -0.494 e. The molecule has 0 aliphatic carbocycles. The van der Waals surface area contributed by atoms with Gasteiger partial charge < -0.3 is 13.6 Å². The highest BCUT2D eigenvalue weighted by molar-refractivity contribution is 7.99. The molecule has 0 amide bonds. The van der Waals surface area contributed by atoms with Crippen molar-refractivity contribution in [1.29, 1.82) is 0 Å². The van der Waals surface area contributed by atoms with Gasteiger partial charge in [-0.15, -0.1) is 31.7 Å². The van der Waals surface area contributed by atoms with Crippen LogP contribution in [0.2, 0.25) is 0 Å². The van der Waals surface area contributed by atoms with Gasteiger partial charge in [0.1, 0.15) is 5.75 Å². The van der Waals surface area contributed by atoms with Crippen LogP contribution in [0.15, 0.2) is 55.8 Å². The van der Waals surface area contributed by atoms with Gasteiger partial charge in [-0.3, -0.25) is 0 Å². The number of ether oxygens (including phenoxy) is 1. The summed E-state index contributed by atoms with van der Waals surface area (Å²) in [6.07, 6.45) is 0. The molecule has 0 unspecified atom stereocenters. The minimum atomic E-state index is -0.111. The second-order valence-electron chi connectivity index (χ2n) is 5.51. The maximum absolute atomic E-state index is 5.75. The quantitative estimate of drug-likeness (QED) is 0.396. The first-order chi connectivity index (χ1) is 13.2. The molecule has 0 spiro atoms. The fraction of sp³-hybridized carbons (Fsp3) is 0.222. The number of aromatic nitrogens is 4. The topological polar surface area (TPSA) is 87.1 Å². The summed E-state index contributed by atoms with van der Waals surface area (Å²) in [5.41, 5.74) is 0.836. The van der Waals surface area contributed by atoms with Crippen molar-refractivity contribution in [3.8, 4) is 28.0 Å². The molecule has 0 bridgehead atoms. The molecule has 0 N–H and O–H groups in total. The molecule has 138 valence electrons. The third-order valence-corrected chi connectivity index (χ3v) is 5.40. The Bertz CT molecular complexity index is 996. The lowest BCUT2D eigenvalue weighted by Gasteiger charge is -2.03. The van der Waals surface area contributed by atoms with Gasteiger partial charge in [0, 0.05) is 5.56 Å². The highest BCUT2D eigenvalue weighted by atomic mass is 32.2. The number of benzene rings is 1. The van der Waals surface area contributed by atoms with Crippen LogP contribution in [0.1, 0.15) is 25.0 Å². The second kappa shape index (κ2) is 7.93. The van der Waals surface area contributed by atoms with E-state index in [9.17, 15) is 0 Å². The Balaban J connectivity index is 1.44. The summed E-state index contributed by atoms with van der Waals surface area (Å²) >= 11 is 2.93. The Hall–Kier alpha value is -2.65.